The molecule has 1 amide bonds. The normalized spacial score (nSPS) is 42.0. The Bertz CT molecular complexity index is 1390. The van der Waals surface area contributed by atoms with E-state index in [9.17, 15) is 9.70 Å². The minimum Gasteiger partial charge on any atom is -0.449 e. The number of rotatable bonds is 7. The number of nitrogens with zero attached hydrogens (tertiary/aromatic N) is 1. The van der Waals surface area contributed by atoms with Crippen LogP contribution in [-0.2, 0) is 4.74 Å². The van der Waals surface area contributed by atoms with Gasteiger partial charge in [-0.3, -0.25) is 5.32 Å². The fourth-order valence-corrected chi connectivity index (χ4v) is 10.9. The molecule has 4 aliphatic rings. The third-order valence-electron chi connectivity index (χ3n) is 13.5. The fourth-order valence-electron chi connectivity index (χ4n) is 10.9. The lowest BCUT2D eigenvalue weighted by molar-refractivity contribution is -0.177. The van der Waals surface area contributed by atoms with Crippen molar-refractivity contribution in [3.8, 4) is 0 Å². The summed E-state index contributed by atoms with van der Waals surface area (Å²) in [5.74, 6) is 1.04. The van der Waals surface area contributed by atoms with Gasteiger partial charge in [-0.15, -0.1) is 0 Å². The molecule has 0 aliphatic heterocycles. The van der Waals surface area contributed by atoms with Crippen LogP contribution in [0, 0.1) is 33.5 Å². The van der Waals surface area contributed by atoms with E-state index in [1.165, 1.54) is 0 Å². The van der Waals surface area contributed by atoms with Gasteiger partial charge in [0.15, 0.2) is 0 Å². The van der Waals surface area contributed by atoms with Crippen molar-refractivity contribution in [3.05, 3.63) is 47.4 Å². The van der Waals surface area contributed by atoms with E-state index in [2.05, 4.69) is 37.3 Å². The van der Waals surface area contributed by atoms with Crippen LogP contribution < -0.4 is 22.5 Å². The van der Waals surface area contributed by atoms with Crippen molar-refractivity contribution < 1.29 is 9.53 Å². The smallest absolute Gasteiger partial charge is 0.411 e. The van der Waals surface area contributed by atoms with Crippen LogP contribution in [0.3, 0.4) is 0 Å². The highest BCUT2D eigenvalue weighted by molar-refractivity contribution is 5.91. The van der Waals surface area contributed by atoms with E-state index in [-0.39, 0.29) is 22.8 Å². The first-order valence-electron chi connectivity index (χ1n) is 16.6. The van der Waals surface area contributed by atoms with Crippen LogP contribution in [0.5, 0.6) is 0 Å². The minimum absolute atomic E-state index is 0.0930. The van der Waals surface area contributed by atoms with Crippen LogP contribution in [0.15, 0.2) is 47.6 Å². The number of ether oxygens (including phenoxy) is 1. The van der Waals surface area contributed by atoms with Crippen LogP contribution in [0.4, 0.5) is 10.5 Å². The molecule has 2 aromatic rings. The van der Waals surface area contributed by atoms with Crippen LogP contribution in [0.1, 0.15) is 91.4 Å². The van der Waals surface area contributed by atoms with E-state index in [4.69, 9.17) is 21.9 Å². The molecule has 4 fully saturated rings. The summed E-state index contributed by atoms with van der Waals surface area (Å²) < 4.78 is 5.60. The number of hydrogen-bond donors (Lipinski definition) is 4. The zero-order chi connectivity index (χ0) is 30.7. The first kappa shape index (κ1) is 30.5. The summed E-state index contributed by atoms with van der Waals surface area (Å²) in [6.07, 6.45) is 9.38. The Morgan fingerprint density at radius 1 is 0.953 bits per heavy atom. The highest BCUT2D eigenvalue weighted by Crippen LogP contribution is 2.71. The van der Waals surface area contributed by atoms with Gasteiger partial charge in [0.05, 0.1) is 12.6 Å². The average molecular weight is 590 g/mol. The molecule has 234 valence electrons. The highest BCUT2D eigenvalue weighted by atomic mass is 16.5. The molecular formula is C35H51N5O3. The van der Waals surface area contributed by atoms with E-state index >= 15 is 0 Å². The number of amides is 1. The van der Waals surface area contributed by atoms with Gasteiger partial charge in [-0.05, 0) is 110 Å². The van der Waals surface area contributed by atoms with Crippen molar-refractivity contribution in [1.82, 2.24) is 0 Å². The molecule has 0 radical (unpaired) electrons. The average Bonchev–Trinajstić information content (AvgIpc) is 3.34. The molecule has 8 nitrogen and oxygen atoms in total. The number of hydrogen-bond acceptors (Lipinski definition) is 7. The summed E-state index contributed by atoms with van der Waals surface area (Å²) in [6.45, 7) is 7.33. The molecule has 2 aromatic carbocycles. The van der Waals surface area contributed by atoms with Gasteiger partial charge in [-0.1, -0.05) is 62.7 Å². The van der Waals surface area contributed by atoms with Crippen molar-refractivity contribution in [2.24, 2.45) is 51.0 Å². The SMILES string of the molecule is CC[C@H]1CC2(N)C3CC[C@H](CCCOC(=O)Nc4ccc5ccccc5c4)C3(C)CC[C@]2(N)C2(C)CC[C@@H](N=O)CC12N. The maximum atomic E-state index is 12.5. The Hall–Kier alpha value is -2.55. The summed E-state index contributed by atoms with van der Waals surface area (Å²) in [4.78, 5) is 24.2. The number of nitroso groups, excluding NO2 is 1. The second-order valence-corrected chi connectivity index (χ2v) is 15.0. The highest BCUT2D eigenvalue weighted by Gasteiger charge is 2.76. The van der Waals surface area contributed by atoms with Gasteiger partial charge in [0.2, 0.25) is 0 Å². The molecular weight excluding hydrogens is 538 g/mol. The summed E-state index contributed by atoms with van der Waals surface area (Å²) >= 11 is 0. The third-order valence-corrected chi connectivity index (χ3v) is 13.5. The van der Waals surface area contributed by atoms with E-state index in [0.717, 1.165) is 80.7 Å². The van der Waals surface area contributed by atoms with Crippen molar-refractivity contribution in [2.45, 2.75) is 114 Å². The first-order chi connectivity index (χ1) is 20.4. The van der Waals surface area contributed by atoms with Gasteiger partial charge >= 0.3 is 6.09 Å². The molecule has 9 atom stereocenters. The zero-order valence-corrected chi connectivity index (χ0v) is 26.2. The lowest BCUT2D eigenvalue weighted by atomic mass is 9.34. The Morgan fingerprint density at radius 2 is 1.72 bits per heavy atom. The molecule has 8 heteroatoms. The molecule has 7 N–H and O–H groups in total. The van der Waals surface area contributed by atoms with E-state index in [1.807, 2.05) is 36.4 Å². The lowest BCUT2D eigenvalue weighted by Crippen LogP contribution is -2.88. The van der Waals surface area contributed by atoms with Crippen LogP contribution in [0.25, 0.3) is 10.8 Å². The molecule has 0 heterocycles. The monoisotopic (exact) mass is 589 g/mol. The number of benzene rings is 2. The molecule has 0 spiro atoms. The number of nitrogens with two attached hydrogens (primary N) is 3. The van der Waals surface area contributed by atoms with Crippen LogP contribution in [0.2, 0.25) is 0 Å². The summed E-state index contributed by atoms with van der Waals surface area (Å²) in [5.41, 5.74) is 21.5. The maximum Gasteiger partial charge on any atom is 0.411 e. The van der Waals surface area contributed by atoms with E-state index in [0.29, 0.717) is 24.9 Å². The van der Waals surface area contributed by atoms with Gasteiger partial charge in [-0.25, -0.2) is 4.79 Å². The molecule has 5 unspecified atom stereocenters. The van der Waals surface area contributed by atoms with Gasteiger partial charge in [-0.2, -0.15) is 4.91 Å². The fraction of sp³-hybridized carbons (Fsp3) is 0.686. The molecule has 4 aliphatic carbocycles. The van der Waals surface area contributed by atoms with Crippen molar-refractivity contribution in [2.75, 3.05) is 11.9 Å². The molecule has 4 saturated carbocycles. The number of nitrogens with one attached hydrogen (secondary N) is 1. The van der Waals surface area contributed by atoms with E-state index in [1.54, 1.807) is 0 Å². The minimum atomic E-state index is -0.586. The quantitative estimate of drug-likeness (QED) is 0.205. The van der Waals surface area contributed by atoms with E-state index < -0.39 is 22.7 Å². The number of anilines is 1. The Kier molecular flexibility index (Phi) is 7.66. The number of carbonyl (C=O) groups excluding carboxylic acids is 1. The number of carbonyl (C=O) groups is 1. The third kappa shape index (κ3) is 4.45. The molecule has 6 rings (SSSR count). The zero-order valence-electron chi connectivity index (χ0n) is 26.2. The molecule has 43 heavy (non-hydrogen) atoms. The number of fused-ring (bicyclic) bond motifs is 6. The molecule has 0 saturated heterocycles. The summed E-state index contributed by atoms with van der Waals surface area (Å²) in [6, 6.07) is 13.7. The van der Waals surface area contributed by atoms with Gasteiger partial charge in [0.1, 0.15) is 0 Å². The molecule has 0 bridgehead atoms. The van der Waals surface area contributed by atoms with Crippen molar-refractivity contribution in [1.29, 1.82) is 0 Å². The standard InChI is InChI=1S/C35H51N5O3/c1-4-25-21-34(37)29-14-12-26(10-7-19-43-30(41)39-27-13-11-23-8-5-6-9-24(23)20-27)31(29,2)17-18-35(34,38)32(3)16-15-28(40-42)22-33(25,32)36/h5-6,8-9,11,13,20,25-26,28-29H,4,7,10,12,14-19,21-22,36-38H2,1-3H3,(H,39,41)/t25-,26-,28+,29?,31?,32?,33?,34?,35-/m0/s1. The van der Waals surface area contributed by atoms with Crippen LogP contribution in [-0.4, -0.2) is 35.4 Å². The van der Waals surface area contributed by atoms with Crippen molar-refractivity contribution >= 4 is 22.6 Å². The van der Waals surface area contributed by atoms with Gasteiger partial charge < -0.3 is 21.9 Å². The lowest BCUT2D eigenvalue weighted by Gasteiger charge is -2.75. The second-order valence-electron chi connectivity index (χ2n) is 15.0. The predicted octanol–water partition coefficient (Wildman–Crippen LogP) is 6.84. The molecule has 0 aromatic heterocycles. The summed E-state index contributed by atoms with van der Waals surface area (Å²) in [7, 11) is 0. The van der Waals surface area contributed by atoms with Crippen LogP contribution >= 0.6 is 0 Å². The first-order valence-corrected chi connectivity index (χ1v) is 16.6. The van der Waals surface area contributed by atoms with Gasteiger partial charge in [0, 0.05) is 27.7 Å². The van der Waals surface area contributed by atoms with Crippen molar-refractivity contribution in [3.63, 3.8) is 0 Å². The Balaban J connectivity index is 1.11. The maximum absolute atomic E-state index is 12.5. The predicted molar refractivity (Wildman–Crippen MR) is 172 cm³/mol. The Morgan fingerprint density at radius 3 is 2.47 bits per heavy atom. The Labute approximate surface area is 256 Å². The summed E-state index contributed by atoms with van der Waals surface area (Å²) in [5, 5.41) is 8.53. The topological polar surface area (TPSA) is 146 Å². The second kappa shape index (κ2) is 10.8. The largest absolute Gasteiger partial charge is 0.449 e. The van der Waals surface area contributed by atoms with Gasteiger partial charge in [0.25, 0.3) is 0 Å².